The van der Waals surface area contributed by atoms with Crippen molar-refractivity contribution in [2.24, 2.45) is 5.41 Å². The fraction of sp³-hybridized carbons (Fsp3) is 0.385. The zero-order valence-corrected chi connectivity index (χ0v) is 11.7. The average molecular weight is 267 g/mol. The van der Waals surface area contributed by atoms with Gasteiger partial charge in [-0.05, 0) is 27.7 Å². The van der Waals surface area contributed by atoms with Gasteiger partial charge in [-0.25, -0.2) is 4.79 Å². The summed E-state index contributed by atoms with van der Waals surface area (Å²) in [6.07, 6.45) is 3.29. The van der Waals surface area contributed by atoms with Crippen LogP contribution in [0.3, 0.4) is 0 Å². The van der Waals surface area contributed by atoms with Gasteiger partial charge in [-0.1, -0.05) is 29.7 Å². The first-order chi connectivity index (χ1) is 8.30. The van der Waals surface area contributed by atoms with Crippen LogP contribution in [0.15, 0.2) is 22.1 Å². The van der Waals surface area contributed by atoms with Crippen LogP contribution in [0.4, 0.5) is 0 Å². The number of nitrogens with one attached hydrogen (secondary N) is 1. The lowest BCUT2D eigenvalue weighted by Gasteiger charge is -2.07. The van der Waals surface area contributed by atoms with Crippen molar-refractivity contribution in [3.8, 4) is 11.8 Å². The monoisotopic (exact) mass is 267 g/mol. The van der Waals surface area contributed by atoms with Gasteiger partial charge in [-0.15, -0.1) is 0 Å². The molecule has 0 aromatic rings. The van der Waals surface area contributed by atoms with Crippen LogP contribution in [0, 0.1) is 17.3 Å². The molecular formula is C13H17NO3S. The molecule has 4 nitrogen and oxygen atoms in total. The minimum Gasteiger partial charge on any atom is -0.477 e. The van der Waals surface area contributed by atoms with E-state index in [0.717, 1.165) is 18.0 Å². The molecule has 0 aromatic heterocycles. The van der Waals surface area contributed by atoms with E-state index in [-0.39, 0.29) is 10.3 Å². The maximum absolute atomic E-state index is 10.9. The summed E-state index contributed by atoms with van der Waals surface area (Å²) < 4.78 is 0. The first-order valence-corrected chi connectivity index (χ1v) is 6.12. The van der Waals surface area contributed by atoms with Crippen molar-refractivity contribution in [3.63, 3.8) is 0 Å². The van der Waals surface area contributed by atoms with E-state index in [0.29, 0.717) is 11.3 Å². The number of thioether (sulfide) groups is 1. The lowest BCUT2D eigenvalue weighted by atomic mass is 9.98. The number of aliphatic carboxylic acids is 1. The minimum atomic E-state index is -1.11. The third kappa shape index (κ3) is 7.58. The first-order valence-electron chi connectivity index (χ1n) is 5.30. The predicted octanol–water partition coefficient (Wildman–Crippen LogP) is 2.34. The molecule has 0 aliphatic carbocycles. The van der Waals surface area contributed by atoms with Crippen molar-refractivity contribution in [3.05, 3.63) is 22.1 Å². The standard InChI is InChI=1S/C13H17NO3S/c1-5-10(6-7-13(2,3)4)18-11(12(16)17)8-14-9-15/h5,8-9H,1-4H3,(H,14,15)(H,16,17)/b10-5-,11-8+. The van der Waals surface area contributed by atoms with Crippen molar-refractivity contribution < 1.29 is 14.7 Å². The molecule has 0 aromatic carbocycles. The molecule has 0 atom stereocenters. The molecular weight excluding hydrogens is 250 g/mol. The second-order valence-electron chi connectivity index (χ2n) is 4.35. The van der Waals surface area contributed by atoms with Crippen LogP contribution in [-0.4, -0.2) is 17.5 Å². The summed E-state index contributed by atoms with van der Waals surface area (Å²) in [5.41, 5.74) is -0.150. The predicted molar refractivity (Wildman–Crippen MR) is 73.5 cm³/mol. The second-order valence-corrected chi connectivity index (χ2v) is 5.44. The SMILES string of the molecule is C/C=C(/C#CC(C)(C)C)S/C(=C/NC=O)C(=O)O. The Balaban J connectivity index is 4.95. The maximum atomic E-state index is 10.9. The average Bonchev–Trinajstić information content (AvgIpc) is 2.26. The van der Waals surface area contributed by atoms with Gasteiger partial charge < -0.3 is 10.4 Å². The third-order valence-corrected chi connectivity index (χ3v) is 2.61. The second kappa shape index (κ2) is 7.62. The van der Waals surface area contributed by atoms with Gasteiger partial charge in [0.1, 0.15) is 4.91 Å². The zero-order chi connectivity index (χ0) is 14.2. The topological polar surface area (TPSA) is 66.4 Å². The first kappa shape index (κ1) is 16.3. The molecule has 0 bridgehead atoms. The van der Waals surface area contributed by atoms with Crippen molar-refractivity contribution in [2.45, 2.75) is 27.7 Å². The van der Waals surface area contributed by atoms with E-state index in [1.54, 1.807) is 13.0 Å². The molecule has 0 rings (SSSR count). The fourth-order valence-electron chi connectivity index (χ4n) is 0.769. The summed E-state index contributed by atoms with van der Waals surface area (Å²) in [5.74, 6) is 4.84. The largest absolute Gasteiger partial charge is 0.477 e. The van der Waals surface area contributed by atoms with Crippen molar-refractivity contribution in [2.75, 3.05) is 0 Å². The van der Waals surface area contributed by atoms with E-state index in [1.807, 2.05) is 20.8 Å². The van der Waals surface area contributed by atoms with E-state index in [4.69, 9.17) is 5.11 Å². The van der Waals surface area contributed by atoms with Crippen molar-refractivity contribution in [1.29, 1.82) is 0 Å². The molecule has 0 heterocycles. The number of allylic oxidation sites excluding steroid dienone is 2. The molecule has 0 saturated heterocycles. The summed E-state index contributed by atoms with van der Waals surface area (Å²) in [4.78, 5) is 21.7. The molecule has 0 unspecified atom stereocenters. The number of carboxylic acid groups (broad SMARTS) is 1. The van der Waals surface area contributed by atoms with Crippen LogP contribution in [0.1, 0.15) is 27.7 Å². The van der Waals surface area contributed by atoms with Crippen LogP contribution >= 0.6 is 11.8 Å². The van der Waals surface area contributed by atoms with Crippen LogP contribution in [-0.2, 0) is 9.59 Å². The highest BCUT2D eigenvalue weighted by Crippen LogP contribution is 2.25. The molecule has 0 saturated carbocycles. The van der Waals surface area contributed by atoms with Gasteiger partial charge >= 0.3 is 5.97 Å². The molecule has 2 N–H and O–H groups in total. The normalized spacial score (nSPS) is 12.4. The maximum Gasteiger partial charge on any atom is 0.344 e. The Hall–Kier alpha value is -1.67. The Kier molecular flexibility index (Phi) is 6.91. The van der Waals surface area contributed by atoms with Crippen LogP contribution < -0.4 is 5.32 Å². The third-order valence-electron chi connectivity index (χ3n) is 1.54. The highest BCUT2D eigenvalue weighted by Gasteiger charge is 2.10. The number of amides is 1. The molecule has 18 heavy (non-hydrogen) atoms. The Labute approximate surface area is 112 Å². The van der Waals surface area contributed by atoms with Gasteiger partial charge in [0, 0.05) is 11.6 Å². The Morgan fingerprint density at radius 1 is 1.39 bits per heavy atom. The Morgan fingerprint density at radius 2 is 2.00 bits per heavy atom. The fourth-order valence-corrected chi connectivity index (χ4v) is 1.44. The summed E-state index contributed by atoms with van der Waals surface area (Å²) >= 11 is 1.01. The van der Waals surface area contributed by atoms with Gasteiger partial charge in [-0.3, -0.25) is 4.79 Å². The smallest absolute Gasteiger partial charge is 0.344 e. The van der Waals surface area contributed by atoms with Crippen LogP contribution in [0.2, 0.25) is 0 Å². The summed E-state index contributed by atoms with van der Waals surface area (Å²) in [6.45, 7) is 7.70. The summed E-state index contributed by atoms with van der Waals surface area (Å²) in [7, 11) is 0. The molecule has 5 heteroatoms. The minimum absolute atomic E-state index is 0.0124. The highest BCUT2D eigenvalue weighted by molar-refractivity contribution is 8.07. The summed E-state index contributed by atoms with van der Waals surface area (Å²) in [5, 5.41) is 11.2. The molecule has 0 spiro atoms. The number of carboxylic acids is 1. The number of carbonyl (C=O) groups is 2. The van der Waals surface area contributed by atoms with Gasteiger partial charge in [0.15, 0.2) is 0 Å². The van der Waals surface area contributed by atoms with E-state index in [1.165, 1.54) is 0 Å². The molecule has 1 amide bonds. The molecule has 0 aliphatic heterocycles. The van der Waals surface area contributed by atoms with E-state index < -0.39 is 5.97 Å². The quantitative estimate of drug-likeness (QED) is 0.456. The Bertz CT molecular complexity index is 433. The van der Waals surface area contributed by atoms with E-state index >= 15 is 0 Å². The van der Waals surface area contributed by atoms with Gasteiger partial charge in [0.2, 0.25) is 6.41 Å². The number of rotatable bonds is 5. The summed E-state index contributed by atoms with van der Waals surface area (Å²) in [6, 6.07) is 0. The number of carbonyl (C=O) groups excluding carboxylic acids is 1. The van der Waals surface area contributed by atoms with Gasteiger partial charge in [0.25, 0.3) is 0 Å². The number of hydrogen-bond acceptors (Lipinski definition) is 3. The van der Waals surface area contributed by atoms with E-state index in [2.05, 4.69) is 17.2 Å². The zero-order valence-electron chi connectivity index (χ0n) is 10.9. The molecule has 0 fully saturated rings. The lowest BCUT2D eigenvalue weighted by molar-refractivity contribution is -0.131. The van der Waals surface area contributed by atoms with E-state index in [9.17, 15) is 9.59 Å². The van der Waals surface area contributed by atoms with Crippen molar-refractivity contribution in [1.82, 2.24) is 5.32 Å². The van der Waals surface area contributed by atoms with Crippen molar-refractivity contribution >= 4 is 24.1 Å². The number of hydrogen-bond donors (Lipinski definition) is 2. The van der Waals surface area contributed by atoms with Crippen LogP contribution in [0.25, 0.3) is 0 Å². The highest BCUT2D eigenvalue weighted by atomic mass is 32.2. The lowest BCUT2D eigenvalue weighted by Crippen LogP contribution is -2.06. The van der Waals surface area contributed by atoms with Crippen LogP contribution in [0.5, 0.6) is 0 Å². The molecule has 0 aliphatic rings. The van der Waals surface area contributed by atoms with Gasteiger partial charge in [0.05, 0.1) is 4.91 Å². The molecule has 0 radical (unpaired) electrons. The Morgan fingerprint density at radius 3 is 2.39 bits per heavy atom. The van der Waals surface area contributed by atoms with Gasteiger partial charge in [-0.2, -0.15) is 0 Å². The molecule has 98 valence electrons.